The fourth-order valence-corrected chi connectivity index (χ4v) is 1.43. The zero-order chi connectivity index (χ0) is 11.2. The van der Waals surface area contributed by atoms with Crippen LogP contribution >= 0.6 is 8.25 Å². The van der Waals surface area contributed by atoms with Crippen molar-refractivity contribution in [3.8, 4) is 0 Å². The Balaban J connectivity index is 0.00000144. The van der Waals surface area contributed by atoms with Crippen LogP contribution < -0.4 is 52.7 Å². The van der Waals surface area contributed by atoms with E-state index in [1.807, 2.05) is 0 Å². The molecule has 0 aliphatic rings. The highest BCUT2D eigenvalue weighted by Crippen LogP contribution is 2.07. The molecular formula is C8H8Br2N4O3P+. The molecule has 0 amide bonds. The largest absolute Gasteiger partial charge is 1.00 e. The molecule has 0 N–H and O–H groups in total. The lowest BCUT2D eigenvalue weighted by molar-refractivity contribution is -0.885. The standard InChI is InChI=1S/C8H8N4O3P.2BrH/c13-16(14-11-5-1-3-9-7-11)15-12-6-2-4-10-8-12;;/h1-8H;2*1H/q+3;;/p-2. The molecule has 0 atom stereocenters. The van der Waals surface area contributed by atoms with Gasteiger partial charge in [0.25, 0.3) is 0 Å². The van der Waals surface area contributed by atoms with Gasteiger partial charge in [0.05, 0.1) is 0 Å². The fourth-order valence-electron chi connectivity index (χ4n) is 0.897. The molecule has 0 unspecified atom stereocenters. The van der Waals surface area contributed by atoms with Gasteiger partial charge in [-0.05, 0) is 9.25 Å². The molecular weight excluding hydrogens is 391 g/mol. The second-order valence-electron chi connectivity index (χ2n) is 2.62. The molecule has 0 aliphatic carbocycles. The molecule has 0 saturated heterocycles. The SMILES string of the molecule is O=[P+](O[n+]1cccnc1)O[n+]1cccnc1.[Br-].[Br-]. The maximum absolute atomic E-state index is 11.4. The molecule has 7 nitrogen and oxygen atoms in total. The molecule has 0 aromatic carbocycles. The molecule has 0 saturated carbocycles. The molecule has 0 fully saturated rings. The summed E-state index contributed by atoms with van der Waals surface area (Å²) in [5.41, 5.74) is 0. The van der Waals surface area contributed by atoms with Crippen molar-refractivity contribution in [2.75, 3.05) is 0 Å². The average Bonchev–Trinajstić information content (AvgIpc) is 2.31. The van der Waals surface area contributed by atoms with E-state index in [4.69, 9.17) is 9.25 Å². The first-order valence-electron chi connectivity index (χ1n) is 4.31. The Hall–Kier alpha value is -1.18. The Morgan fingerprint density at radius 1 is 0.889 bits per heavy atom. The van der Waals surface area contributed by atoms with E-state index in [0.717, 1.165) is 0 Å². The molecule has 2 aromatic rings. The molecule has 0 spiro atoms. The lowest BCUT2D eigenvalue weighted by atomic mass is 10.7. The van der Waals surface area contributed by atoms with E-state index in [1.165, 1.54) is 22.1 Å². The molecule has 2 aromatic heterocycles. The Kier molecular flexibility index (Phi) is 8.27. The topological polar surface area (TPSA) is 69.1 Å². The maximum Gasteiger partial charge on any atom is 0.885 e. The van der Waals surface area contributed by atoms with Gasteiger partial charge in [-0.2, -0.15) is 0 Å². The smallest absolute Gasteiger partial charge is 0.885 e. The van der Waals surface area contributed by atoms with Gasteiger partial charge in [0.15, 0.2) is 0 Å². The molecule has 18 heavy (non-hydrogen) atoms. The number of nitrogens with zero attached hydrogens (tertiary/aromatic N) is 4. The Morgan fingerprint density at radius 2 is 1.33 bits per heavy atom. The van der Waals surface area contributed by atoms with Crippen LogP contribution in [-0.4, -0.2) is 9.97 Å². The van der Waals surface area contributed by atoms with E-state index in [1.54, 1.807) is 36.9 Å². The first-order chi connectivity index (χ1) is 7.84. The van der Waals surface area contributed by atoms with E-state index in [0.29, 0.717) is 0 Å². The summed E-state index contributed by atoms with van der Waals surface area (Å²) in [4.78, 5) is 7.56. The lowest BCUT2D eigenvalue weighted by Crippen LogP contribution is -3.00. The van der Waals surface area contributed by atoms with Crippen molar-refractivity contribution >= 4 is 8.25 Å². The lowest BCUT2D eigenvalue weighted by Gasteiger charge is -1.85. The van der Waals surface area contributed by atoms with Crippen LogP contribution in [0.25, 0.3) is 0 Å². The molecule has 0 radical (unpaired) electrons. The van der Waals surface area contributed by atoms with E-state index in [9.17, 15) is 4.57 Å². The van der Waals surface area contributed by atoms with Crippen LogP contribution in [0.15, 0.2) is 49.6 Å². The van der Waals surface area contributed by atoms with Crippen LogP contribution in [0.5, 0.6) is 0 Å². The van der Waals surface area contributed by atoms with Gasteiger partial charge in [-0.25, -0.2) is 0 Å². The Bertz CT molecular complexity index is 433. The minimum Gasteiger partial charge on any atom is -1.00 e. The van der Waals surface area contributed by atoms with E-state index < -0.39 is 8.25 Å². The third-order valence-electron chi connectivity index (χ3n) is 1.49. The van der Waals surface area contributed by atoms with Crippen molar-refractivity contribution in [3.63, 3.8) is 0 Å². The third-order valence-corrected chi connectivity index (χ3v) is 2.14. The number of rotatable bonds is 4. The monoisotopic (exact) mass is 397 g/mol. The van der Waals surface area contributed by atoms with Crippen LogP contribution in [0.3, 0.4) is 0 Å². The van der Waals surface area contributed by atoms with Gasteiger partial charge in [-0.3, -0.25) is 0 Å². The fraction of sp³-hybridized carbons (Fsp3) is 0. The molecule has 2 rings (SSSR count). The van der Waals surface area contributed by atoms with Gasteiger partial charge in [0.2, 0.25) is 0 Å². The first-order valence-corrected chi connectivity index (χ1v) is 5.41. The zero-order valence-electron chi connectivity index (χ0n) is 8.84. The van der Waals surface area contributed by atoms with Crippen molar-refractivity contribution in [1.29, 1.82) is 0 Å². The van der Waals surface area contributed by atoms with E-state index >= 15 is 0 Å². The molecule has 0 aliphatic heterocycles. The van der Waals surface area contributed by atoms with Crippen LogP contribution in [0.4, 0.5) is 0 Å². The molecule has 96 valence electrons. The average molecular weight is 399 g/mol. The third kappa shape index (κ3) is 5.44. The predicted molar refractivity (Wildman–Crippen MR) is 49.6 cm³/mol. The van der Waals surface area contributed by atoms with Crippen molar-refractivity contribution in [2.45, 2.75) is 0 Å². The normalized spacial score (nSPS) is 8.44. The maximum atomic E-state index is 11.4. The summed E-state index contributed by atoms with van der Waals surface area (Å²) in [6.45, 7) is 0. The minimum absolute atomic E-state index is 0. The van der Waals surface area contributed by atoms with Gasteiger partial charge in [0.1, 0.15) is 24.8 Å². The number of halogens is 2. The quantitative estimate of drug-likeness (QED) is 0.378. The van der Waals surface area contributed by atoms with Crippen LogP contribution in [-0.2, 0) is 4.57 Å². The highest BCUT2D eigenvalue weighted by molar-refractivity contribution is 7.33. The van der Waals surface area contributed by atoms with Gasteiger partial charge < -0.3 is 34.0 Å². The van der Waals surface area contributed by atoms with Crippen LogP contribution in [0, 0.1) is 0 Å². The van der Waals surface area contributed by atoms with Crippen LogP contribution in [0.1, 0.15) is 0 Å². The van der Waals surface area contributed by atoms with Crippen LogP contribution in [0.2, 0.25) is 0 Å². The van der Waals surface area contributed by atoms with Gasteiger partial charge in [0, 0.05) is 26.2 Å². The summed E-state index contributed by atoms with van der Waals surface area (Å²) in [7, 11) is -2.34. The molecule has 10 heteroatoms. The van der Waals surface area contributed by atoms with Crippen molar-refractivity contribution in [3.05, 3.63) is 49.6 Å². The summed E-state index contributed by atoms with van der Waals surface area (Å²) in [5, 5.41) is 0. The van der Waals surface area contributed by atoms with E-state index in [-0.39, 0.29) is 34.0 Å². The Morgan fingerprint density at radius 3 is 1.67 bits per heavy atom. The summed E-state index contributed by atoms with van der Waals surface area (Å²) < 4.78 is 23.6. The van der Waals surface area contributed by atoms with Crippen molar-refractivity contribution < 1.29 is 57.2 Å². The van der Waals surface area contributed by atoms with Crippen molar-refractivity contribution in [2.24, 2.45) is 0 Å². The summed E-state index contributed by atoms with van der Waals surface area (Å²) in [6, 6.07) is 3.28. The van der Waals surface area contributed by atoms with Gasteiger partial charge in [-0.1, -0.05) is 9.97 Å². The highest BCUT2D eigenvalue weighted by Gasteiger charge is 2.31. The second-order valence-corrected chi connectivity index (χ2v) is 3.39. The summed E-state index contributed by atoms with van der Waals surface area (Å²) >= 11 is 0. The Labute approximate surface area is 125 Å². The molecule has 2 heterocycles. The number of hydrogen-bond acceptors (Lipinski definition) is 5. The second kappa shape index (κ2) is 8.84. The van der Waals surface area contributed by atoms with E-state index in [2.05, 4.69) is 9.97 Å². The zero-order valence-corrected chi connectivity index (χ0v) is 12.9. The molecule has 0 bridgehead atoms. The number of aromatic nitrogens is 4. The highest BCUT2D eigenvalue weighted by atomic mass is 79.9. The first kappa shape index (κ1) is 16.8. The summed E-state index contributed by atoms with van der Waals surface area (Å²) in [5.74, 6) is 0. The van der Waals surface area contributed by atoms with Gasteiger partial charge >= 0.3 is 20.9 Å². The van der Waals surface area contributed by atoms with Crippen molar-refractivity contribution in [1.82, 2.24) is 9.97 Å². The number of hydrogen-bond donors (Lipinski definition) is 0. The minimum atomic E-state index is -2.34. The summed E-state index contributed by atoms with van der Waals surface area (Å²) in [6.07, 6.45) is 8.98. The predicted octanol–water partition coefficient (Wildman–Crippen LogP) is -6.73. The van der Waals surface area contributed by atoms with Gasteiger partial charge in [-0.15, -0.1) is 0 Å².